The molecule has 0 heterocycles. The molecule has 0 radical (unpaired) electrons. The second-order valence-electron chi connectivity index (χ2n) is 6.72. The Kier molecular flexibility index (Phi) is 7.61. The highest BCUT2D eigenvalue weighted by Gasteiger charge is 2.15. The summed E-state index contributed by atoms with van der Waals surface area (Å²) in [5, 5.41) is 4.20. The van der Waals surface area contributed by atoms with Gasteiger partial charge in [-0.05, 0) is 61.9 Å². The van der Waals surface area contributed by atoms with Gasteiger partial charge in [0.15, 0.2) is 0 Å². The highest BCUT2D eigenvalue weighted by atomic mass is 35.5. The van der Waals surface area contributed by atoms with Crippen molar-refractivity contribution < 1.29 is 14.3 Å². The number of benzene rings is 3. The van der Waals surface area contributed by atoms with Crippen molar-refractivity contribution in [3.63, 3.8) is 0 Å². The summed E-state index contributed by atoms with van der Waals surface area (Å²) in [7, 11) is 0. The lowest BCUT2D eigenvalue weighted by atomic mass is 10.1. The number of para-hydroxylation sites is 1. The van der Waals surface area contributed by atoms with Crippen molar-refractivity contribution >= 4 is 29.1 Å². The molecule has 3 aromatic carbocycles. The molecule has 1 amide bonds. The van der Waals surface area contributed by atoms with E-state index >= 15 is 0 Å². The van der Waals surface area contributed by atoms with Gasteiger partial charge in [0.05, 0.1) is 17.7 Å². The zero-order valence-corrected chi connectivity index (χ0v) is 18.3. The molecule has 1 N–H and O–H groups in total. The highest BCUT2D eigenvalue weighted by Crippen LogP contribution is 2.27. The van der Waals surface area contributed by atoms with Crippen LogP contribution in [0.2, 0.25) is 10.0 Å². The van der Waals surface area contributed by atoms with Gasteiger partial charge in [0.25, 0.3) is 5.91 Å². The minimum Gasteiger partial charge on any atom is -0.493 e. The van der Waals surface area contributed by atoms with Gasteiger partial charge in [-0.2, -0.15) is 0 Å². The Hall–Kier alpha value is -2.69. The Labute approximate surface area is 186 Å². The lowest BCUT2D eigenvalue weighted by molar-refractivity contribution is 0.0939. The maximum Gasteiger partial charge on any atom is 0.251 e. The summed E-state index contributed by atoms with van der Waals surface area (Å²) in [6.07, 6.45) is 0. The molecular formula is C24H23Cl2NO3. The molecule has 6 heteroatoms. The average Bonchev–Trinajstić information content (AvgIpc) is 2.74. The fourth-order valence-electron chi connectivity index (χ4n) is 2.96. The van der Waals surface area contributed by atoms with E-state index < -0.39 is 0 Å². The van der Waals surface area contributed by atoms with Gasteiger partial charge in [-0.25, -0.2) is 0 Å². The van der Waals surface area contributed by atoms with Crippen LogP contribution in [-0.2, 0) is 6.61 Å². The van der Waals surface area contributed by atoms with Crippen molar-refractivity contribution in [2.75, 3.05) is 6.61 Å². The first kappa shape index (κ1) is 22.0. The number of carbonyl (C=O) groups excluding carboxylic acids is 1. The van der Waals surface area contributed by atoms with Gasteiger partial charge < -0.3 is 14.8 Å². The molecule has 0 fully saturated rings. The van der Waals surface area contributed by atoms with E-state index in [1.807, 2.05) is 38.1 Å². The first-order valence-corrected chi connectivity index (χ1v) is 10.4. The molecule has 156 valence electrons. The zero-order valence-electron chi connectivity index (χ0n) is 16.8. The lowest BCUT2D eigenvalue weighted by Crippen LogP contribution is -2.26. The third-order valence-electron chi connectivity index (χ3n) is 4.56. The van der Waals surface area contributed by atoms with E-state index in [9.17, 15) is 4.79 Å². The van der Waals surface area contributed by atoms with Crippen LogP contribution >= 0.6 is 23.2 Å². The summed E-state index contributed by atoms with van der Waals surface area (Å²) in [6, 6.07) is 19.8. The predicted molar refractivity (Wildman–Crippen MR) is 121 cm³/mol. The van der Waals surface area contributed by atoms with E-state index in [4.69, 9.17) is 32.7 Å². The monoisotopic (exact) mass is 443 g/mol. The molecule has 3 rings (SSSR count). The van der Waals surface area contributed by atoms with Crippen LogP contribution < -0.4 is 14.8 Å². The number of halogens is 2. The molecule has 30 heavy (non-hydrogen) atoms. The molecule has 1 unspecified atom stereocenters. The summed E-state index contributed by atoms with van der Waals surface area (Å²) in [5.41, 5.74) is 2.27. The van der Waals surface area contributed by atoms with Crippen LogP contribution in [0.1, 0.15) is 41.4 Å². The molecular weight excluding hydrogens is 421 g/mol. The smallest absolute Gasteiger partial charge is 0.251 e. The Morgan fingerprint density at radius 2 is 1.70 bits per heavy atom. The minimum absolute atomic E-state index is 0.163. The summed E-state index contributed by atoms with van der Waals surface area (Å²) in [5.74, 6) is 1.07. The van der Waals surface area contributed by atoms with Gasteiger partial charge >= 0.3 is 0 Å². The second-order valence-corrected chi connectivity index (χ2v) is 7.56. The standard InChI is InChI=1S/C24H23Cl2NO3/c1-3-29-22-13-10-18(14-19(22)15-30-23-7-5-4-6-21(23)26)24(28)27-16(2)17-8-11-20(25)12-9-17/h4-14,16H,3,15H2,1-2H3,(H,27,28). The molecule has 4 nitrogen and oxygen atoms in total. The van der Waals surface area contributed by atoms with E-state index in [-0.39, 0.29) is 18.6 Å². The van der Waals surface area contributed by atoms with Crippen molar-refractivity contribution in [3.05, 3.63) is 93.5 Å². The van der Waals surface area contributed by atoms with Crippen LogP contribution in [0.25, 0.3) is 0 Å². The summed E-state index contributed by atoms with van der Waals surface area (Å²) >= 11 is 12.1. The molecule has 3 aromatic rings. The van der Waals surface area contributed by atoms with Crippen molar-refractivity contribution in [1.82, 2.24) is 5.32 Å². The molecule has 0 aliphatic rings. The van der Waals surface area contributed by atoms with Crippen LogP contribution in [0.4, 0.5) is 0 Å². The van der Waals surface area contributed by atoms with Crippen molar-refractivity contribution in [1.29, 1.82) is 0 Å². The van der Waals surface area contributed by atoms with Crippen LogP contribution in [0.15, 0.2) is 66.7 Å². The number of hydrogen-bond acceptors (Lipinski definition) is 3. The number of hydrogen-bond donors (Lipinski definition) is 1. The first-order chi connectivity index (χ1) is 14.5. The van der Waals surface area contributed by atoms with Crippen LogP contribution in [-0.4, -0.2) is 12.5 Å². The van der Waals surface area contributed by atoms with Crippen molar-refractivity contribution in [3.8, 4) is 11.5 Å². The topological polar surface area (TPSA) is 47.6 Å². The fraction of sp³-hybridized carbons (Fsp3) is 0.208. The Morgan fingerprint density at radius 1 is 0.967 bits per heavy atom. The predicted octanol–water partition coefficient (Wildman–Crippen LogP) is 6.46. The van der Waals surface area contributed by atoms with E-state index in [2.05, 4.69) is 5.32 Å². The highest BCUT2D eigenvalue weighted by molar-refractivity contribution is 6.32. The fourth-order valence-corrected chi connectivity index (χ4v) is 3.28. The van der Waals surface area contributed by atoms with Gasteiger partial charge in [0.1, 0.15) is 18.1 Å². The quantitative estimate of drug-likeness (QED) is 0.434. The molecule has 0 saturated carbocycles. The van der Waals surface area contributed by atoms with Gasteiger partial charge in [-0.1, -0.05) is 47.5 Å². The minimum atomic E-state index is -0.181. The zero-order chi connectivity index (χ0) is 21.5. The Morgan fingerprint density at radius 3 is 2.40 bits per heavy atom. The molecule has 0 saturated heterocycles. The average molecular weight is 444 g/mol. The van der Waals surface area contributed by atoms with Gasteiger partial charge in [0.2, 0.25) is 0 Å². The third-order valence-corrected chi connectivity index (χ3v) is 5.12. The largest absolute Gasteiger partial charge is 0.493 e. The van der Waals surface area contributed by atoms with E-state index in [0.717, 1.165) is 11.1 Å². The van der Waals surface area contributed by atoms with Gasteiger partial charge in [-0.15, -0.1) is 0 Å². The van der Waals surface area contributed by atoms with E-state index in [1.165, 1.54) is 0 Å². The molecule has 0 aliphatic carbocycles. The first-order valence-electron chi connectivity index (χ1n) is 9.67. The molecule has 0 bridgehead atoms. The molecule has 0 spiro atoms. The lowest BCUT2D eigenvalue weighted by Gasteiger charge is -2.16. The van der Waals surface area contributed by atoms with Crippen LogP contribution in [0, 0.1) is 0 Å². The maximum atomic E-state index is 12.8. The summed E-state index contributed by atoms with van der Waals surface area (Å²) in [6.45, 7) is 4.58. The number of nitrogens with one attached hydrogen (secondary N) is 1. The Balaban J connectivity index is 1.76. The summed E-state index contributed by atoms with van der Waals surface area (Å²) < 4.78 is 11.5. The summed E-state index contributed by atoms with van der Waals surface area (Å²) in [4.78, 5) is 12.8. The maximum absolute atomic E-state index is 12.8. The van der Waals surface area contributed by atoms with Crippen molar-refractivity contribution in [2.45, 2.75) is 26.5 Å². The van der Waals surface area contributed by atoms with Crippen LogP contribution in [0.3, 0.4) is 0 Å². The number of ether oxygens (including phenoxy) is 2. The Bertz CT molecular complexity index is 1010. The SMILES string of the molecule is CCOc1ccc(C(=O)NC(C)c2ccc(Cl)cc2)cc1COc1ccccc1Cl. The third kappa shape index (κ3) is 5.68. The van der Waals surface area contributed by atoms with Crippen LogP contribution in [0.5, 0.6) is 11.5 Å². The normalized spacial score (nSPS) is 11.6. The van der Waals surface area contributed by atoms with E-state index in [0.29, 0.717) is 33.7 Å². The number of rotatable bonds is 8. The molecule has 1 atom stereocenters. The van der Waals surface area contributed by atoms with Gasteiger partial charge in [0, 0.05) is 16.1 Å². The van der Waals surface area contributed by atoms with Crippen molar-refractivity contribution in [2.24, 2.45) is 0 Å². The van der Waals surface area contributed by atoms with E-state index in [1.54, 1.807) is 42.5 Å². The number of amides is 1. The second kappa shape index (κ2) is 10.4. The molecule has 0 aliphatic heterocycles. The number of carbonyl (C=O) groups is 1. The van der Waals surface area contributed by atoms with Gasteiger partial charge in [-0.3, -0.25) is 4.79 Å². The molecule has 0 aromatic heterocycles.